The van der Waals surface area contributed by atoms with Crippen molar-refractivity contribution in [2.24, 2.45) is 5.92 Å². The van der Waals surface area contributed by atoms with Crippen molar-refractivity contribution in [3.8, 4) is 0 Å². The van der Waals surface area contributed by atoms with Gasteiger partial charge in [-0.05, 0) is 59.8 Å². The van der Waals surface area contributed by atoms with Gasteiger partial charge in [-0.2, -0.15) is 0 Å². The molecule has 0 aromatic heterocycles. The average molecular weight is 375 g/mol. The number of halogens is 2. The first-order chi connectivity index (χ1) is 10.1. The summed E-state index contributed by atoms with van der Waals surface area (Å²) in [5.74, 6) is 0.183. The summed E-state index contributed by atoms with van der Waals surface area (Å²) in [5.41, 5.74) is 0.884. The molecule has 1 aliphatic rings. The van der Waals surface area contributed by atoms with Crippen LogP contribution in [-0.2, 0) is 9.53 Å². The number of esters is 1. The van der Waals surface area contributed by atoms with E-state index in [4.69, 9.17) is 16.3 Å². The van der Waals surface area contributed by atoms with Crippen LogP contribution in [0.15, 0.2) is 22.7 Å². The second-order valence-corrected chi connectivity index (χ2v) is 6.66. The van der Waals surface area contributed by atoms with Crippen molar-refractivity contribution >= 4 is 39.2 Å². The molecule has 0 spiro atoms. The van der Waals surface area contributed by atoms with Gasteiger partial charge in [0, 0.05) is 10.2 Å². The predicted octanol–water partition coefficient (Wildman–Crippen LogP) is 5.03. The van der Waals surface area contributed by atoms with Crippen LogP contribution in [-0.4, -0.2) is 18.6 Å². The highest BCUT2D eigenvalue weighted by atomic mass is 79.9. The van der Waals surface area contributed by atoms with Crippen molar-refractivity contribution < 1.29 is 9.53 Å². The number of anilines is 1. The lowest BCUT2D eigenvalue weighted by Crippen LogP contribution is -2.39. The van der Waals surface area contributed by atoms with E-state index in [9.17, 15) is 4.79 Å². The van der Waals surface area contributed by atoms with Gasteiger partial charge in [0.2, 0.25) is 0 Å². The Balaban J connectivity index is 2.13. The molecule has 1 aromatic rings. The van der Waals surface area contributed by atoms with E-state index in [2.05, 4.69) is 21.2 Å². The molecule has 1 saturated carbocycles. The second kappa shape index (κ2) is 8.04. The first-order valence-corrected chi connectivity index (χ1v) is 8.67. The third-order valence-corrected chi connectivity index (χ3v) is 5.12. The molecule has 1 fully saturated rings. The highest BCUT2D eigenvalue weighted by Gasteiger charge is 2.30. The molecule has 1 N–H and O–H groups in total. The fourth-order valence-corrected chi connectivity index (χ4v) is 3.33. The second-order valence-electron chi connectivity index (χ2n) is 5.40. The van der Waals surface area contributed by atoms with E-state index >= 15 is 0 Å². The number of nitrogens with one attached hydrogen (secondary N) is 1. The molecule has 116 valence electrons. The van der Waals surface area contributed by atoms with Gasteiger partial charge in [0.15, 0.2) is 0 Å². The summed E-state index contributed by atoms with van der Waals surface area (Å²) in [5, 5.41) is 4.00. The number of ether oxygens (including phenoxy) is 1. The molecule has 1 aliphatic carbocycles. The molecule has 0 saturated heterocycles. The molecule has 1 atom stereocenters. The molecule has 1 unspecified atom stereocenters. The molecular weight excluding hydrogens is 354 g/mol. The topological polar surface area (TPSA) is 38.3 Å². The fourth-order valence-electron chi connectivity index (χ4n) is 2.83. The van der Waals surface area contributed by atoms with Crippen LogP contribution >= 0.6 is 27.5 Å². The van der Waals surface area contributed by atoms with Crippen LogP contribution in [0.2, 0.25) is 5.02 Å². The maximum Gasteiger partial charge on any atom is 0.328 e. The fraction of sp³-hybridized carbons (Fsp3) is 0.562. The number of rotatable bonds is 5. The summed E-state index contributed by atoms with van der Waals surface area (Å²) >= 11 is 9.42. The molecule has 0 heterocycles. The SMILES string of the molecule is CCOC(=O)C(Nc1ccc(Cl)c(Br)c1)C1CCCCC1. The van der Waals surface area contributed by atoms with Crippen molar-refractivity contribution in [1.29, 1.82) is 0 Å². The van der Waals surface area contributed by atoms with E-state index in [0.29, 0.717) is 17.5 Å². The number of hydrogen-bond donors (Lipinski definition) is 1. The summed E-state index contributed by atoms with van der Waals surface area (Å²) in [6, 6.07) is 5.33. The number of hydrogen-bond acceptors (Lipinski definition) is 3. The van der Waals surface area contributed by atoms with Gasteiger partial charge in [-0.25, -0.2) is 4.79 Å². The van der Waals surface area contributed by atoms with Crippen molar-refractivity contribution in [2.45, 2.75) is 45.1 Å². The zero-order valence-electron chi connectivity index (χ0n) is 12.2. The molecule has 21 heavy (non-hydrogen) atoms. The van der Waals surface area contributed by atoms with Gasteiger partial charge >= 0.3 is 5.97 Å². The number of benzene rings is 1. The average Bonchev–Trinajstić information content (AvgIpc) is 2.49. The highest BCUT2D eigenvalue weighted by molar-refractivity contribution is 9.10. The summed E-state index contributed by atoms with van der Waals surface area (Å²) in [6.45, 7) is 2.25. The minimum atomic E-state index is -0.279. The van der Waals surface area contributed by atoms with Crippen molar-refractivity contribution in [1.82, 2.24) is 0 Å². The molecule has 0 amide bonds. The normalized spacial score (nSPS) is 17.3. The lowest BCUT2D eigenvalue weighted by atomic mass is 9.83. The Morgan fingerprint density at radius 3 is 2.76 bits per heavy atom. The number of carbonyl (C=O) groups excluding carboxylic acids is 1. The van der Waals surface area contributed by atoms with Gasteiger partial charge in [0.05, 0.1) is 11.6 Å². The molecule has 5 heteroatoms. The molecule has 1 aromatic carbocycles. The molecule has 2 rings (SSSR count). The standard InChI is InChI=1S/C16H21BrClNO2/c1-2-21-16(20)15(11-6-4-3-5-7-11)19-12-8-9-14(18)13(17)10-12/h8-11,15,19H,2-7H2,1H3. The van der Waals surface area contributed by atoms with Crippen LogP contribution in [0.4, 0.5) is 5.69 Å². The first kappa shape index (κ1) is 16.6. The lowest BCUT2D eigenvalue weighted by molar-refractivity contribution is -0.145. The molecular formula is C16H21BrClNO2. The summed E-state index contributed by atoms with van der Waals surface area (Å²) in [4.78, 5) is 12.3. The molecule has 3 nitrogen and oxygen atoms in total. The van der Waals surface area contributed by atoms with Crippen molar-refractivity contribution in [3.05, 3.63) is 27.7 Å². The Labute approximate surface area is 139 Å². The molecule has 0 bridgehead atoms. The largest absolute Gasteiger partial charge is 0.464 e. The van der Waals surface area contributed by atoms with E-state index in [-0.39, 0.29) is 12.0 Å². The lowest BCUT2D eigenvalue weighted by Gasteiger charge is -2.30. The minimum absolute atomic E-state index is 0.157. The predicted molar refractivity (Wildman–Crippen MR) is 89.8 cm³/mol. The summed E-state index contributed by atoms with van der Waals surface area (Å²) in [7, 11) is 0. The van der Waals surface area contributed by atoms with Crippen LogP contribution < -0.4 is 5.32 Å². The van der Waals surface area contributed by atoms with E-state index in [0.717, 1.165) is 23.0 Å². The molecule has 0 aliphatic heterocycles. The van der Waals surface area contributed by atoms with Gasteiger partial charge in [0.1, 0.15) is 6.04 Å². The third kappa shape index (κ3) is 4.62. The Hall–Kier alpha value is -0.740. The minimum Gasteiger partial charge on any atom is -0.464 e. The maximum atomic E-state index is 12.3. The van der Waals surface area contributed by atoms with Crippen LogP contribution in [0.1, 0.15) is 39.0 Å². The maximum absolute atomic E-state index is 12.3. The number of carbonyl (C=O) groups is 1. The zero-order chi connectivity index (χ0) is 15.2. The Morgan fingerprint density at radius 1 is 1.43 bits per heavy atom. The highest BCUT2D eigenvalue weighted by Crippen LogP contribution is 2.31. The van der Waals surface area contributed by atoms with E-state index < -0.39 is 0 Å². The summed E-state index contributed by atoms with van der Waals surface area (Å²) < 4.78 is 6.06. The van der Waals surface area contributed by atoms with Gasteiger partial charge in [-0.15, -0.1) is 0 Å². The van der Waals surface area contributed by atoms with Crippen LogP contribution in [0, 0.1) is 5.92 Å². The van der Waals surface area contributed by atoms with Crippen LogP contribution in [0.5, 0.6) is 0 Å². The zero-order valence-corrected chi connectivity index (χ0v) is 14.5. The van der Waals surface area contributed by atoms with Crippen molar-refractivity contribution in [2.75, 3.05) is 11.9 Å². The van der Waals surface area contributed by atoms with Gasteiger partial charge in [-0.1, -0.05) is 30.9 Å². The van der Waals surface area contributed by atoms with Crippen molar-refractivity contribution in [3.63, 3.8) is 0 Å². The Bertz CT molecular complexity index is 489. The first-order valence-electron chi connectivity index (χ1n) is 7.50. The van der Waals surface area contributed by atoms with Gasteiger partial charge in [0.25, 0.3) is 0 Å². The van der Waals surface area contributed by atoms with Gasteiger partial charge < -0.3 is 10.1 Å². The van der Waals surface area contributed by atoms with E-state index in [1.165, 1.54) is 19.3 Å². The van der Waals surface area contributed by atoms with Crippen LogP contribution in [0.3, 0.4) is 0 Å². The third-order valence-electron chi connectivity index (χ3n) is 3.90. The Kier molecular flexibility index (Phi) is 6.37. The van der Waals surface area contributed by atoms with E-state index in [1.807, 2.05) is 25.1 Å². The quantitative estimate of drug-likeness (QED) is 0.735. The van der Waals surface area contributed by atoms with Gasteiger partial charge in [-0.3, -0.25) is 0 Å². The Morgan fingerprint density at radius 2 is 2.14 bits per heavy atom. The smallest absolute Gasteiger partial charge is 0.328 e. The monoisotopic (exact) mass is 373 g/mol. The van der Waals surface area contributed by atoms with Crippen LogP contribution in [0.25, 0.3) is 0 Å². The molecule has 0 radical (unpaired) electrons. The summed E-state index contributed by atoms with van der Waals surface area (Å²) in [6.07, 6.45) is 5.79. The van der Waals surface area contributed by atoms with E-state index in [1.54, 1.807) is 0 Å².